The Morgan fingerprint density at radius 1 is 1.18 bits per heavy atom. The van der Waals surface area contributed by atoms with Crippen molar-refractivity contribution in [1.29, 1.82) is 0 Å². The predicted molar refractivity (Wildman–Crippen MR) is 71.2 cm³/mol. The van der Waals surface area contributed by atoms with Crippen molar-refractivity contribution in [2.75, 3.05) is 5.32 Å². The summed E-state index contributed by atoms with van der Waals surface area (Å²) in [6.45, 7) is 0. The molecule has 1 N–H and O–H groups in total. The molecule has 2 rings (SSSR count). The zero-order valence-electron chi connectivity index (χ0n) is 9.71. The molecule has 1 saturated carbocycles. The Hall–Kier alpha value is -1.28. The zero-order chi connectivity index (χ0) is 12.1. The average Bonchev–Trinajstić information content (AvgIpc) is 2.52. The summed E-state index contributed by atoms with van der Waals surface area (Å²) in [5.74, 6) is 0.275. The first-order valence-corrected chi connectivity index (χ1v) is 6.38. The Morgan fingerprint density at radius 2 is 2.00 bits per heavy atom. The molecule has 0 unspecified atom stereocenters. The summed E-state index contributed by atoms with van der Waals surface area (Å²) in [7, 11) is 0. The first kappa shape index (κ1) is 12.2. The van der Waals surface area contributed by atoms with E-state index in [0.717, 1.165) is 36.9 Å². The van der Waals surface area contributed by atoms with Crippen LogP contribution in [0.15, 0.2) is 36.0 Å². The predicted octanol–water partition coefficient (Wildman–Crippen LogP) is 4.17. The van der Waals surface area contributed by atoms with Gasteiger partial charge in [-0.1, -0.05) is 24.1 Å². The normalized spacial score (nSPS) is 19.1. The van der Waals surface area contributed by atoms with Crippen molar-refractivity contribution < 1.29 is 4.79 Å². The molecular formula is C14H16ClNO. The van der Waals surface area contributed by atoms with Gasteiger partial charge in [0.05, 0.1) is 0 Å². The van der Waals surface area contributed by atoms with Gasteiger partial charge in [-0.2, -0.15) is 0 Å². The highest BCUT2D eigenvalue weighted by molar-refractivity contribution is 6.30. The maximum absolute atomic E-state index is 11.8. The van der Waals surface area contributed by atoms with Crippen LogP contribution in [0.5, 0.6) is 0 Å². The number of allylic oxidation sites excluding steroid dienone is 1. The fourth-order valence-corrected chi connectivity index (χ4v) is 2.17. The maximum atomic E-state index is 11.8. The fraction of sp³-hybridized carbons (Fsp3) is 0.357. The third kappa shape index (κ3) is 3.60. The molecule has 1 aliphatic carbocycles. The van der Waals surface area contributed by atoms with Gasteiger partial charge in [-0.3, -0.25) is 4.79 Å². The zero-order valence-corrected chi connectivity index (χ0v) is 10.5. The van der Waals surface area contributed by atoms with E-state index in [-0.39, 0.29) is 5.78 Å². The van der Waals surface area contributed by atoms with E-state index in [2.05, 4.69) is 5.32 Å². The van der Waals surface area contributed by atoms with Gasteiger partial charge in [-0.25, -0.2) is 0 Å². The Balaban J connectivity index is 2.06. The molecule has 0 aromatic heterocycles. The molecule has 0 atom stereocenters. The molecule has 1 aromatic carbocycles. The van der Waals surface area contributed by atoms with Crippen molar-refractivity contribution in [2.45, 2.75) is 32.1 Å². The van der Waals surface area contributed by atoms with Crippen LogP contribution in [0.3, 0.4) is 0 Å². The van der Waals surface area contributed by atoms with Crippen LogP contribution in [-0.4, -0.2) is 5.78 Å². The third-order valence-corrected chi connectivity index (χ3v) is 3.18. The van der Waals surface area contributed by atoms with Crippen LogP contribution in [0, 0.1) is 0 Å². The number of hydrogen-bond acceptors (Lipinski definition) is 2. The Morgan fingerprint density at radius 3 is 2.82 bits per heavy atom. The van der Waals surface area contributed by atoms with Crippen molar-refractivity contribution in [2.24, 2.45) is 0 Å². The molecule has 1 fully saturated rings. The highest BCUT2D eigenvalue weighted by Gasteiger charge is 2.12. The van der Waals surface area contributed by atoms with Gasteiger partial charge in [0.25, 0.3) is 0 Å². The van der Waals surface area contributed by atoms with Crippen LogP contribution in [-0.2, 0) is 4.79 Å². The van der Waals surface area contributed by atoms with Crippen LogP contribution in [0.4, 0.5) is 5.69 Å². The number of anilines is 1. The number of hydrogen-bond donors (Lipinski definition) is 1. The van der Waals surface area contributed by atoms with Gasteiger partial charge in [0, 0.05) is 28.9 Å². The second-order valence-corrected chi connectivity index (χ2v) is 4.74. The van der Waals surface area contributed by atoms with Crippen LogP contribution >= 0.6 is 11.6 Å². The molecule has 0 amide bonds. The number of halogens is 1. The minimum absolute atomic E-state index is 0.275. The fourth-order valence-electron chi connectivity index (χ4n) is 1.98. The topological polar surface area (TPSA) is 29.1 Å². The Labute approximate surface area is 107 Å². The first-order chi connectivity index (χ1) is 8.25. The Kier molecular flexibility index (Phi) is 4.21. The first-order valence-electron chi connectivity index (χ1n) is 6.00. The number of rotatable bonds is 2. The van der Waals surface area contributed by atoms with Gasteiger partial charge in [0.2, 0.25) is 0 Å². The van der Waals surface area contributed by atoms with Gasteiger partial charge in [-0.15, -0.1) is 0 Å². The maximum Gasteiger partial charge on any atom is 0.160 e. The van der Waals surface area contributed by atoms with Crippen LogP contribution in [0.25, 0.3) is 0 Å². The monoisotopic (exact) mass is 249 g/mol. The molecular weight excluding hydrogens is 234 g/mol. The summed E-state index contributed by atoms with van der Waals surface area (Å²) in [5, 5.41) is 3.84. The lowest BCUT2D eigenvalue weighted by Gasteiger charge is -2.05. The number of carbonyl (C=O) groups is 1. The summed E-state index contributed by atoms with van der Waals surface area (Å²) >= 11 is 5.89. The lowest BCUT2D eigenvalue weighted by Crippen LogP contribution is -2.02. The van der Waals surface area contributed by atoms with Gasteiger partial charge in [0.15, 0.2) is 5.78 Å². The number of carbonyl (C=O) groups excluding carboxylic acids is 1. The van der Waals surface area contributed by atoms with E-state index in [1.54, 1.807) is 0 Å². The van der Waals surface area contributed by atoms with E-state index < -0.39 is 0 Å². The standard InChI is InChI=1S/C14H16ClNO/c15-12-6-4-7-13(9-12)16-10-11-5-2-1-3-8-14(11)17/h4,6-7,9-10,16H,1-3,5,8H2/b11-10+. The second-order valence-electron chi connectivity index (χ2n) is 4.31. The largest absolute Gasteiger partial charge is 0.361 e. The van der Waals surface area contributed by atoms with Crippen molar-refractivity contribution in [1.82, 2.24) is 0 Å². The van der Waals surface area contributed by atoms with E-state index in [1.807, 2.05) is 30.5 Å². The van der Waals surface area contributed by atoms with Gasteiger partial charge in [0.1, 0.15) is 0 Å². The van der Waals surface area contributed by atoms with Gasteiger partial charge >= 0.3 is 0 Å². The van der Waals surface area contributed by atoms with Crippen LogP contribution in [0.1, 0.15) is 32.1 Å². The molecule has 2 nitrogen and oxygen atoms in total. The number of ketones is 1. The molecule has 17 heavy (non-hydrogen) atoms. The highest BCUT2D eigenvalue weighted by Crippen LogP contribution is 2.20. The molecule has 0 heterocycles. The van der Waals surface area contributed by atoms with Crippen LogP contribution < -0.4 is 5.32 Å². The summed E-state index contributed by atoms with van der Waals surface area (Å²) < 4.78 is 0. The molecule has 90 valence electrons. The SMILES string of the molecule is O=C1CCCCC/C1=C\Nc1cccc(Cl)c1. The van der Waals surface area contributed by atoms with Gasteiger partial charge in [-0.05, 0) is 37.5 Å². The van der Waals surface area contributed by atoms with Crippen molar-refractivity contribution >= 4 is 23.1 Å². The van der Waals surface area contributed by atoms with Crippen molar-refractivity contribution in [3.8, 4) is 0 Å². The lowest BCUT2D eigenvalue weighted by atomic mass is 10.1. The summed E-state index contributed by atoms with van der Waals surface area (Å²) in [5.41, 5.74) is 1.82. The molecule has 0 spiro atoms. The molecule has 0 radical (unpaired) electrons. The van der Waals surface area contributed by atoms with E-state index >= 15 is 0 Å². The molecule has 0 bridgehead atoms. The van der Waals surface area contributed by atoms with Gasteiger partial charge < -0.3 is 5.32 Å². The minimum atomic E-state index is 0.275. The number of Topliss-reactive ketones (excluding diaryl/α,β-unsaturated/α-hetero) is 1. The summed E-state index contributed by atoms with van der Waals surface area (Å²) in [6, 6.07) is 7.50. The number of nitrogens with one attached hydrogen (secondary N) is 1. The van der Waals surface area contributed by atoms with Crippen molar-refractivity contribution in [3.05, 3.63) is 41.1 Å². The highest BCUT2D eigenvalue weighted by atomic mass is 35.5. The van der Waals surface area contributed by atoms with Crippen LogP contribution in [0.2, 0.25) is 5.02 Å². The average molecular weight is 250 g/mol. The summed E-state index contributed by atoms with van der Waals surface area (Å²) in [4.78, 5) is 11.8. The van der Waals surface area contributed by atoms with E-state index in [9.17, 15) is 4.79 Å². The molecule has 3 heteroatoms. The quantitative estimate of drug-likeness (QED) is 0.630. The molecule has 1 aromatic rings. The smallest absolute Gasteiger partial charge is 0.160 e. The molecule has 0 saturated heterocycles. The molecule has 1 aliphatic rings. The third-order valence-electron chi connectivity index (χ3n) is 2.95. The second kappa shape index (κ2) is 5.87. The van der Waals surface area contributed by atoms with Crippen molar-refractivity contribution in [3.63, 3.8) is 0 Å². The minimum Gasteiger partial charge on any atom is -0.361 e. The number of benzene rings is 1. The lowest BCUT2D eigenvalue weighted by molar-refractivity contribution is -0.115. The van der Waals surface area contributed by atoms with E-state index in [1.165, 1.54) is 0 Å². The van der Waals surface area contributed by atoms with E-state index in [0.29, 0.717) is 11.4 Å². The molecule has 0 aliphatic heterocycles. The van der Waals surface area contributed by atoms with E-state index in [4.69, 9.17) is 11.6 Å². The Bertz CT molecular complexity index is 440. The summed E-state index contributed by atoms with van der Waals surface area (Å²) in [6.07, 6.45) is 6.68.